The van der Waals surface area contributed by atoms with Crippen molar-refractivity contribution >= 4 is 5.69 Å². The maximum Gasteiger partial charge on any atom is 0.276 e. The van der Waals surface area contributed by atoms with Gasteiger partial charge in [-0.2, -0.15) is 5.26 Å². The number of aromatic nitrogens is 1. The molecule has 1 aromatic rings. The first-order valence-electron chi connectivity index (χ1n) is 4.25. The molecule has 0 aliphatic heterocycles. The molecule has 0 fully saturated rings. The molecule has 1 heterocycles. The molecule has 0 aromatic carbocycles. The van der Waals surface area contributed by atoms with Crippen LogP contribution >= 0.6 is 0 Å². The van der Waals surface area contributed by atoms with Crippen LogP contribution in [0.5, 0.6) is 0 Å². The predicted molar refractivity (Wildman–Crippen MR) is 51.4 cm³/mol. The van der Waals surface area contributed by atoms with Crippen molar-refractivity contribution in [2.24, 2.45) is 5.73 Å². The summed E-state index contributed by atoms with van der Waals surface area (Å²) in [5.41, 5.74) is 5.47. The van der Waals surface area contributed by atoms with Crippen molar-refractivity contribution in [3.8, 4) is 6.07 Å². The van der Waals surface area contributed by atoms with E-state index in [9.17, 15) is 8.78 Å². The molecule has 1 aromatic heterocycles. The molecule has 80 valence electrons. The Morgan fingerprint density at radius 1 is 1.60 bits per heavy atom. The summed E-state index contributed by atoms with van der Waals surface area (Å²) in [6, 6.07) is 4.72. The molecule has 6 heteroatoms. The van der Waals surface area contributed by atoms with Gasteiger partial charge in [-0.3, -0.25) is 0 Å². The van der Waals surface area contributed by atoms with E-state index < -0.39 is 19.0 Å². The monoisotopic (exact) mass is 212 g/mol. The molecule has 15 heavy (non-hydrogen) atoms. The van der Waals surface area contributed by atoms with Crippen molar-refractivity contribution in [1.82, 2.24) is 4.98 Å². The number of nitrogens with zero attached hydrogens (tertiary/aromatic N) is 2. The van der Waals surface area contributed by atoms with Crippen molar-refractivity contribution in [3.63, 3.8) is 0 Å². The van der Waals surface area contributed by atoms with Crippen LogP contribution in [0.2, 0.25) is 0 Å². The Morgan fingerprint density at radius 3 is 2.93 bits per heavy atom. The minimum Gasteiger partial charge on any atom is -0.379 e. The second-order valence-corrected chi connectivity index (χ2v) is 2.96. The van der Waals surface area contributed by atoms with Gasteiger partial charge in [-0.25, -0.2) is 13.8 Å². The van der Waals surface area contributed by atoms with Gasteiger partial charge in [0.1, 0.15) is 11.8 Å². The van der Waals surface area contributed by atoms with Gasteiger partial charge in [0.05, 0.1) is 13.1 Å². The number of hydrogen-bond donors (Lipinski definition) is 2. The van der Waals surface area contributed by atoms with Gasteiger partial charge in [0.25, 0.3) is 5.92 Å². The summed E-state index contributed by atoms with van der Waals surface area (Å²) >= 11 is 0. The highest BCUT2D eigenvalue weighted by molar-refractivity contribution is 5.46. The SMILES string of the molecule is N#Cc1cc(NCC(F)(F)CN)ccn1. The van der Waals surface area contributed by atoms with Gasteiger partial charge in [0, 0.05) is 11.9 Å². The van der Waals surface area contributed by atoms with Crippen molar-refractivity contribution < 1.29 is 8.78 Å². The molecular weight excluding hydrogens is 202 g/mol. The van der Waals surface area contributed by atoms with Gasteiger partial charge in [-0.1, -0.05) is 0 Å². The van der Waals surface area contributed by atoms with E-state index in [2.05, 4.69) is 10.3 Å². The summed E-state index contributed by atoms with van der Waals surface area (Å²) in [5, 5.41) is 11.0. The van der Waals surface area contributed by atoms with Crippen LogP contribution in [-0.2, 0) is 0 Å². The number of alkyl halides is 2. The number of nitrogens with one attached hydrogen (secondary N) is 1. The van der Waals surface area contributed by atoms with Crippen molar-refractivity contribution in [3.05, 3.63) is 24.0 Å². The van der Waals surface area contributed by atoms with Crippen LogP contribution < -0.4 is 11.1 Å². The summed E-state index contributed by atoms with van der Waals surface area (Å²) in [6.07, 6.45) is 1.38. The Balaban J connectivity index is 2.62. The van der Waals surface area contributed by atoms with Crippen molar-refractivity contribution in [2.75, 3.05) is 18.4 Å². The van der Waals surface area contributed by atoms with Gasteiger partial charge in [0.15, 0.2) is 0 Å². The number of anilines is 1. The highest BCUT2D eigenvalue weighted by Gasteiger charge is 2.25. The van der Waals surface area contributed by atoms with E-state index in [0.717, 1.165) is 0 Å². The van der Waals surface area contributed by atoms with Crippen LogP contribution in [0.1, 0.15) is 5.69 Å². The average Bonchev–Trinajstić information content (AvgIpc) is 2.27. The molecule has 0 amide bonds. The summed E-state index contributed by atoms with van der Waals surface area (Å²) in [5.74, 6) is -2.95. The second kappa shape index (κ2) is 4.66. The van der Waals surface area contributed by atoms with Crippen LogP contribution in [0.3, 0.4) is 0 Å². The van der Waals surface area contributed by atoms with Gasteiger partial charge >= 0.3 is 0 Å². The summed E-state index contributed by atoms with van der Waals surface area (Å²) in [4.78, 5) is 3.71. The molecule has 4 nitrogen and oxygen atoms in total. The minimum atomic E-state index is -2.95. The lowest BCUT2D eigenvalue weighted by atomic mass is 10.3. The van der Waals surface area contributed by atoms with E-state index in [1.165, 1.54) is 18.3 Å². The van der Waals surface area contributed by atoms with Gasteiger partial charge in [-0.15, -0.1) is 0 Å². The molecule has 0 bridgehead atoms. The average molecular weight is 212 g/mol. The van der Waals surface area contributed by atoms with E-state index in [4.69, 9.17) is 11.0 Å². The van der Waals surface area contributed by atoms with Crippen LogP contribution in [0.15, 0.2) is 18.3 Å². The quantitative estimate of drug-likeness (QED) is 0.779. The second-order valence-electron chi connectivity index (χ2n) is 2.96. The highest BCUT2D eigenvalue weighted by atomic mass is 19.3. The lowest BCUT2D eigenvalue weighted by molar-refractivity contribution is 0.0254. The fraction of sp³-hybridized carbons (Fsp3) is 0.333. The summed E-state index contributed by atoms with van der Waals surface area (Å²) in [6.45, 7) is -1.27. The van der Waals surface area contributed by atoms with Crippen molar-refractivity contribution in [2.45, 2.75) is 5.92 Å². The smallest absolute Gasteiger partial charge is 0.276 e. The van der Waals surface area contributed by atoms with Gasteiger partial charge in [0.2, 0.25) is 0 Å². The number of rotatable bonds is 4. The number of hydrogen-bond acceptors (Lipinski definition) is 4. The molecule has 0 aliphatic carbocycles. The molecule has 3 N–H and O–H groups in total. The molecule has 0 unspecified atom stereocenters. The molecular formula is C9H10F2N4. The summed E-state index contributed by atoms with van der Waals surface area (Å²) in [7, 11) is 0. The molecule has 0 atom stereocenters. The van der Waals surface area contributed by atoms with Crippen LogP contribution in [0.25, 0.3) is 0 Å². The highest BCUT2D eigenvalue weighted by Crippen LogP contribution is 2.14. The zero-order valence-electron chi connectivity index (χ0n) is 7.87. The Hall–Kier alpha value is -1.74. The Bertz CT molecular complexity index is 373. The van der Waals surface area contributed by atoms with Gasteiger partial charge in [-0.05, 0) is 12.1 Å². The van der Waals surface area contributed by atoms with Crippen LogP contribution in [-0.4, -0.2) is 24.0 Å². The first-order valence-corrected chi connectivity index (χ1v) is 4.25. The van der Waals surface area contributed by atoms with Crippen molar-refractivity contribution in [1.29, 1.82) is 5.26 Å². The number of nitrogens with two attached hydrogens (primary N) is 1. The number of halogens is 2. The van der Waals surface area contributed by atoms with E-state index in [0.29, 0.717) is 5.69 Å². The molecule has 0 aliphatic rings. The molecule has 0 saturated heterocycles. The third-order valence-corrected chi connectivity index (χ3v) is 1.72. The molecule has 0 saturated carbocycles. The van der Waals surface area contributed by atoms with Gasteiger partial charge < -0.3 is 11.1 Å². The van der Waals surface area contributed by atoms with E-state index in [1.54, 1.807) is 0 Å². The van der Waals surface area contributed by atoms with E-state index in [-0.39, 0.29) is 5.69 Å². The predicted octanol–water partition coefficient (Wildman–Crippen LogP) is 0.959. The maximum absolute atomic E-state index is 12.8. The first-order chi connectivity index (χ1) is 7.07. The molecule has 0 radical (unpaired) electrons. The largest absolute Gasteiger partial charge is 0.379 e. The van der Waals surface area contributed by atoms with E-state index >= 15 is 0 Å². The number of nitriles is 1. The fourth-order valence-corrected chi connectivity index (χ4v) is 0.905. The molecule has 1 rings (SSSR count). The topological polar surface area (TPSA) is 74.7 Å². The first kappa shape index (κ1) is 11.3. The lowest BCUT2D eigenvalue weighted by Crippen LogP contribution is -2.35. The lowest BCUT2D eigenvalue weighted by Gasteiger charge is -2.15. The van der Waals surface area contributed by atoms with Crippen LogP contribution in [0.4, 0.5) is 14.5 Å². The third-order valence-electron chi connectivity index (χ3n) is 1.72. The maximum atomic E-state index is 12.8. The Morgan fingerprint density at radius 2 is 2.33 bits per heavy atom. The van der Waals surface area contributed by atoms with Crippen LogP contribution in [0, 0.1) is 11.3 Å². The normalized spacial score (nSPS) is 10.8. The Kier molecular flexibility index (Phi) is 3.52. The number of pyridine rings is 1. The minimum absolute atomic E-state index is 0.177. The zero-order valence-corrected chi connectivity index (χ0v) is 7.87. The third kappa shape index (κ3) is 3.48. The van der Waals surface area contributed by atoms with E-state index in [1.807, 2.05) is 6.07 Å². The summed E-state index contributed by atoms with van der Waals surface area (Å²) < 4.78 is 25.5. The standard InChI is InChI=1S/C9H10F2N4/c10-9(11,5-13)6-15-7-1-2-14-8(3-7)4-12/h1-3H,5-6,13H2,(H,14,15). The molecule has 0 spiro atoms. The zero-order chi connectivity index (χ0) is 11.3. The Labute approximate surface area is 85.7 Å². The fourth-order valence-electron chi connectivity index (χ4n) is 0.905.